The van der Waals surface area contributed by atoms with Crippen molar-refractivity contribution in [2.24, 2.45) is 5.73 Å². The van der Waals surface area contributed by atoms with Gasteiger partial charge in [0.15, 0.2) is 0 Å². The number of benzene rings is 1. The maximum Gasteiger partial charge on any atom is 0.255 e. The van der Waals surface area contributed by atoms with Gasteiger partial charge in [-0.2, -0.15) is 4.98 Å². The molecule has 1 aliphatic rings. The minimum atomic E-state index is -0.164. The summed E-state index contributed by atoms with van der Waals surface area (Å²) in [6.07, 6.45) is 7.54. The van der Waals surface area contributed by atoms with Crippen LogP contribution in [0.15, 0.2) is 28.8 Å². The van der Waals surface area contributed by atoms with Gasteiger partial charge in [0.05, 0.1) is 6.10 Å². The van der Waals surface area contributed by atoms with E-state index in [1.54, 1.807) is 0 Å². The van der Waals surface area contributed by atoms with Gasteiger partial charge in [0.1, 0.15) is 6.10 Å². The molecule has 0 bridgehead atoms. The second-order valence-electron chi connectivity index (χ2n) is 6.25. The Morgan fingerprint density at radius 3 is 2.52 bits per heavy atom. The second-order valence-corrected chi connectivity index (χ2v) is 6.25. The van der Waals surface area contributed by atoms with Gasteiger partial charge in [-0.05, 0) is 25.3 Å². The van der Waals surface area contributed by atoms with Crippen LogP contribution in [0.4, 0.5) is 0 Å². The molecule has 2 aromatic rings. The van der Waals surface area contributed by atoms with E-state index in [-0.39, 0.29) is 6.10 Å². The Labute approximate surface area is 137 Å². The topological polar surface area (TPSA) is 74.2 Å². The van der Waals surface area contributed by atoms with Crippen LogP contribution in [-0.2, 0) is 11.3 Å². The molecule has 0 aliphatic heterocycles. The Bertz CT molecular complexity index is 601. The number of nitrogens with two attached hydrogens (primary N) is 1. The SMILES string of the molecule is CC(OC1CCCCCC1)c1nc(-c2ccc(CN)cc2)no1. The smallest absolute Gasteiger partial charge is 0.255 e. The van der Waals surface area contributed by atoms with E-state index < -0.39 is 0 Å². The maximum absolute atomic E-state index is 6.13. The van der Waals surface area contributed by atoms with Crippen molar-refractivity contribution in [3.8, 4) is 11.4 Å². The fourth-order valence-electron chi connectivity index (χ4n) is 3.03. The molecule has 23 heavy (non-hydrogen) atoms. The predicted octanol–water partition coefficient (Wildman–Crippen LogP) is 4.00. The molecule has 1 unspecified atom stereocenters. The van der Waals surface area contributed by atoms with E-state index in [1.165, 1.54) is 25.7 Å². The van der Waals surface area contributed by atoms with Crippen LogP contribution in [-0.4, -0.2) is 16.2 Å². The highest BCUT2D eigenvalue weighted by Gasteiger charge is 2.21. The van der Waals surface area contributed by atoms with Gasteiger partial charge in [-0.3, -0.25) is 0 Å². The molecular weight excluding hydrogens is 290 g/mol. The Hall–Kier alpha value is -1.72. The second kappa shape index (κ2) is 7.70. The first-order valence-electron chi connectivity index (χ1n) is 8.54. The summed E-state index contributed by atoms with van der Waals surface area (Å²) >= 11 is 0. The van der Waals surface area contributed by atoms with Crippen molar-refractivity contribution in [1.82, 2.24) is 10.1 Å². The lowest BCUT2D eigenvalue weighted by Gasteiger charge is -2.18. The van der Waals surface area contributed by atoms with E-state index in [2.05, 4.69) is 10.1 Å². The Morgan fingerprint density at radius 1 is 1.17 bits per heavy atom. The van der Waals surface area contributed by atoms with Crippen molar-refractivity contribution in [1.29, 1.82) is 0 Å². The lowest BCUT2D eigenvalue weighted by atomic mass is 10.1. The molecule has 0 radical (unpaired) electrons. The van der Waals surface area contributed by atoms with Crippen molar-refractivity contribution in [3.63, 3.8) is 0 Å². The number of hydrogen-bond donors (Lipinski definition) is 1. The fourth-order valence-corrected chi connectivity index (χ4v) is 3.03. The molecule has 5 nitrogen and oxygen atoms in total. The van der Waals surface area contributed by atoms with Crippen LogP contribution < -0.4 is 5.73 Å². The number of hydrogen-bond acceptors (Lipinski definition) is 5. The summed E-state index contributed by atoms with van der Waals surface area (Å²) in [4.78, 5) is 4.49. The van der Waals surface area contributed by atoms with E-state index >= 15 is 0 Å². The van der Waals surface area contributed by atoms with Crippen LogP contribution >= 0.6 is 0 Å². The molecule has 1 atom stereocenters. The van der Waals surface area contributed by atoms with E-state index in [0.717, 1.165) is 24.0 Å². The summed E-state index contributed by atoms with van der Waals surface area (Å²) < 4.78 is 11.5. The fraction of sp³-hybridized carbons (Fsp3) is 0.556. The molecule has 0 amide bonds. The first-order chi connectivity index (χ1) is 11.3. The zero-order valence-corrected chi connectivity index (χ0v) is 13.7. The van der Waals surface area contributed by atoms with Gasteiger partial charge in [-0.1, -0.05) is 55.1 Å². The molecule has 124 valence electrons. The molecule has 2 N–H and O–H groups in total. The molecular formula is C18H25N3O2. The predicted molar refractivity (Wildman–Crippen MR) is 88.6 cm³/mol. The van der Waals surface area contributed by atoms with Crippen molar-refractivity contribution in [3.05, 3.63) is 35.7 Å². The number of aromatic nitrogens is 2. The third-order valence-corrected chi connectivity index (χ3v) is 4.44. The first kappa shape index (κ1) is 16.1. The Morgan fingerprint density at radius 2 is 1.87 bits per heavy atom. The van der Waals surface area contributed by atoms with Gasteiger partial charge in [0.25, 0.3) is 5.89 Å². The zero-order chi connectivity index (χ0) is 16.1. The summed E-state index contributed by atoms with van der Waals surface area (Å²) in [5, 5.41) is 4.08. The lowest BCUT2D eigenvalue weighted by molar-refractivity contribution is -0.0259. The molecule has 0 spiro atoms. The normalized spacial score (nSPS) is 17.8. The maximum atomic E-state index is 6.13. The molecule has 1 aliphatic carbocycles. The van der Waals surface area contributed by atoms with Crippen molar-refractivity contribution >= 4 is 0 Å². The van der Waals surface area contributed by atoms with Crippen molar-refractivity contribution in [2.45, 2.75) is 64.2 Å². The Balaban J connectivity index is 1.65. The van der Waals surface area contributed by atoms with Crippen LogP contribution in [0.25, 0.3) is 11.4 Å². The molecule has 1 aromatic carbocycles. The minimum Gasteiger partial charge on any atom is -0.365 e. The molecule has 1 aromatic heterocycles. The summed E-state index contributed by atoms with van der Waals surface area (Å²) in [5.41, 5.74) is 7.63. The summed E-state index contributed by atoms with van der Waals surface area (Å²) in [5.74, 6) is 1.15. The van der Waals surface area contributed by atoms with Crippen LogP contribution in [0.2, 0.25) is 0 Å². The molecule has 1 heterocycles. The average Bonchev–Trinajstić information content (AvgIpc) is 2.94. The number of nitrogens with zero attached hydrogens (tertiary/aromatic N) is 2. The van der Waals surface area contributed by atoms with Crippen molar-refractivity contribution in [2.75, 3.05) is 0 Å². The molecule has 0 saturated heterocycles. The van der Waals surface area contributed by atoms with Gasteiger partial charge >= 0.3 is 0 Å². The molecule has 1 fully saturated rings. The summed E-state index contributed by atoms with van der Waals surface area (Å²) in [6, 6.07) is 7.90. The molecule has 3 rings (SSSR count). The van der Waals surface area contributed by atoms with E-state index in [0.29, 0.717) is 24.4 Å². The van der Waals surface area contributed by atoms with Gasteiger partial charge in [-0.15, -0.1) is 0 Å². The third-order valence-electron chi connectivity index (χ3n) is 4.44. The Kier molecular flexibility index (Phi) is 5.41. The first-order valence-corrected chi connectivity index (χ1v) is 8.54. The monoisotopic (exact) mass is 315 g/mol. The van der Waals surface area contributed by atoms with Gasteiger partial charge in [-0.25, -0.2) is 0 Å². The molecule has 5 heteroatoms. The van der Waals surface area contributed by atoms with Gasteiger partial charge < -0.3 is 15.0 Å². The third kappa shape index (κ3) is 4.18. The van der Waals surface area contributed by atoms with Crippen LogP contribution in [0.5, 0.6) is 0 Å². The highest BCUT2D eigenvalue weighted by atomic mass is 16.5. The van der Waals surface area contributed by atoms with Gasteiger partial charge in [0, 0.05) is 12.1 Å². The van der Waals surface area contributed by atoms with E-state index in [1.807, 2.05) is 31.2 Å². The number of ether oxygens (including phenoxy) is 1. The average molecular weight is 315 g/mol. The van der Waals surface area contributed by atoms with E-state index in [4.69, 9.17) is 15.0 Å². The van der Waals surface area contributed by atoms with Crippen molar-refractivity contribution < 1.29 is 9.26 Å². The standard InChI is InChI=1S/C18H25N3O2/c1-13(22-16-6-4-2-3-5-7-16)18-20-17(21-23-18)15-10-8-14(12-19)9-11-15/h8-11,13,16H,2-7,12,19H2,1H3. The molecule has 1 saturated carbocycles. The van der Waals surface area contributed by atoms with Crippen LogP contribution in [0.1, 0.15) is 63.0 Å². The van der Waals surface area contributed by atoms with Crippen LogP contribution in [0.3, 0.4) is 0 Å². The van der Waals surface area contributed by atoms with Crippen LogP contribution in [0, 0.1) is 0 Å². The van der Waals surface area contributed by atoms with Gasteiger partial charge in [0.2, 0.25) is 5.82 Å². The quantitative estimate of drug-likeness (QED) is 0.844. The number of rotatable bonds is 5. The lowest BCUT2D eigenvalue weighted by Crippen LogP contribution is -2.14. The highest BCUT2D eigenvalue weighted by Crippen LogP contribution is 2.26. The van der Waals surface area contributed by atoms with E-state index in [9.17, 15) is 0 Å². The minimum absolute atomic E-state index is 0.164. The largest absolute Gasteiger partial charge is 0.365 e. The zero-order valence-electron chi connectivity index (χ0n) is 13.7. The summed E-state index contributed by atoms with van der Waals surface area (Å²) in [7, 11) is 0. The highest BCUT2D eigenvalue weighted by molar-refractivity contribution is 5.54. The summed E-state index contributed by atoms with van der Waals surface area (Å²) in [6.45, 7) is 2.52.